The van der Waals surface area contributed by atoms with Gasteiger partial charge in [0.05, 0.1) is 5.02 Å². The number of nitrogens with one attached hydrogen (secondary N) is 1. The van der Waals surface area contributed by atoms with E-state index in [1.807, 2.05) is 24.3 Å². The molecule has 146 valence electrons. The van der Waals surface area contributed by atoms with E-state index in [2.05, 4.69) is 10.3 Å². The minimum Gasteiger partial charge on any atom is -0.489 e. The highest BCUT2D eigenvalue weighted by atomic mass is 35.5. The summed E-state index contributed by atoms with van der Waals surface area (Å²) in [5.41, 5.74) is 1.62. The number of nitrogens with zero attached hydrogens (tertiary/aromatic N) is 1. The van der Waals surface area contributed by atoms with Crippen molar-refractivity contribution in [1.29, 1.82) is 0 Å². The lowest BCUT2D eigenvalue weighted by Crippen LogP contribution is -2.21. The van der Waals surface area contributed by atoms with Crippen LogP contribution in [0.3, 0.4) is 0 Å². The van der Waals surface area contributed by atoms with Crippen LogP contribution in [0.15, 0.2) is 60.8 Å². The number of pyridine rings is 1. The summed E-state index contributed by atoms with van der Waals surface area (Å²) >= 11 is 12.2. The minimum absolute atomic E-state index is 0.233. The standard InChI is InChI=1S/C21H19Cl2FN2O2/c22-17-5-7-20(28-14-15-4-6-18(24)12-19(15)23)16(11-17)13-25-9-10-27-21-3-1-2-8-26-21/h1-8,11-12,25H,9-10,13-14H2. The van der Waals surface area contributed by atoms with Gasteiger partial charge in [-0.15, -0.1) is 0 Å². The van der Waals surface area contributed by atoms with Crippen LogP contribution in [0.25, 0.3) is 0 Å². The van der Waals surface area contributed by atoms with Crippen LogP contribution in [-0.4, -0.2) is 18.1 Å². The van der Waals surface area contributed by atoms with Gasteiger partial charge in [-0.3, -0.25) is 0 Å². The van der Waals surface area contributed by atoms with Crippen LogP contribution < -0.4 is 14.8 Å². The van der Waals surface area contributed by atoms with Gasteiger partial charge in [-0.1, -0.05) is 35.3 Å². The number of hydrogen-bond acceptors (Lipinski definition) is 4. The van der Waals surface area contributed by atoms with Crippen molar-refractivity contribution in [3.63, 3.8) is 0 Å². The molecule has 1 heterocycles. The van der Waals surface area contributed by atoms with Crippen molar-refractivity contribution in [2.24, 2.45) is 0 Å². The molecule has 0 atom stereocenters. The lowest BCUT2D eigenvalue weighted by molar-refractivity contribution is 0.295. The SMILES string of the molecule is Fc1ccc(COc2ccc(Cl)cc2CNCCOc2ccccn2)c(Cl)c1. The van der Waals surface area contributed by atoms with Crippen molar-refractivity contribution < 1.29 is 13.9 Å². The zero-order valence-corrected chi connectivity index (χ0v) is 16.5. The Labute approximate surface area is 173 Å². The third-order valence-corrected chi connectivity index (χ3v) is 4.49. The van der Waals surface area contributed by atoms with Gasteiger partial charge in [-0.25, -0.2) is 9.37 Å². The van der Waals surface area contributed by atoms with Crippen molar-refractivity contribution >= 4 is 23.2 Å². The van der Waals surface area contributed by atoms with Gasteiger partial charge in [0, 0.05) is 41.5 Å². The molecule has 0 radical (unpaired) electrons. The summed E-state index contributed by atoms with van der Waals surface area (Å²) in [5, 5.41) is 4.24. The predicted octanol–water partition coefficient (Wildman–Crippen LogP) is 5.28. The molecule has 0 saturated carbocycles. The first-order valence-corrected chi connectivity index (χ1v) is 9.47. The van der Waals surface area contributed by atoms with Crippen LogP contribution in [0.1, 0.15) is 11.1 Å². The van der Waals surface area contributed by atoms with Gasteiger partial charge < -0.3 is 14.8 Å². The molecule has 0 bridgehead atoms. The molecule has 0 aliphatic heterocycles. The molecular formula is C21H19Cl2FN2O2. The first kappa shape index (κ1) is 20.4. The van der Waals surface area contributed by atoms with Crippen LogP contribution in [0.5, 0.6) is 11.6 Å². The molecule has 0 aliphatic carbocycles. The summed E-state index contributed by atoms with van der Waals surface area (Å²) in [6.45, 7) is 1.90. The Hall–Kier alpha value is -2.34. The fraction of sp³-hybridized carbons (Fsp3) is 0.190. The summed E-state index contributed by atoms with van der Waals surface area (Å²) in [4.78, 5) is 4.10. The number of ether oxygens (including phenoxy) is 2. The maximum atomic E-state index is 13.2. The van der Waals surface area contributed by atoms with Gasteiger partial charge in [-0.05, 0) is 36.4 Å². The Morgan fingerprint density at radius 1 is 0.964 bits per heavy atom. The Bertz CT molecular complexity index is 910. The molecular weight excluding hydrogens is 402 g/mol. The number of aromatic nitrogens is 1. The Morgan fingerprint density at radius 2 is 1.86 bits per heavy atom. The molecule has 0 unspecified atom stereocenters. The Morgan fingerprint density at radius 3 is 2.64 bits per heavy atom. The summed E-state index contributed by atoms with van der Waals surface area (Å²) in [7, 11) is 0. The quantitative estimate of drug-likeness (QED) is 0.478. The van der Waals surface area contributed by atoms with Crippen LogP contribution in [0.4, 0.5) is 4.39 Å². The van der Waals surface area contributed by atoms with Gasteiger partial charge in [0.25, 0.3) is 0 Å². The third kappa shape index (κ3) is 6.09. The molecule has 0 saturated heterocycles. The van der Waals surface area contributed by atoms with Crippen molar-refractivity contribution in [3.8, 4) is 11.6 Å². The van der Waals surface area contributed by atoms with Crippen molar-refractivity contribution in [2.45, 2.75) is 13.2 Å². The average molecular weight is 421 g/mol. The number of rotatable bonds is 9. The topological polar surface area (TPSA) is 43.4 Å². The van der Waals surface area contributed by atoms with E-state index in [1.165, 1.54) is 12.1 Å². The Balaban J connectivity index is 1.53. The molecule has 2 aromatic carbocycles. The van der Waals surface area contributed by atoms with Gasteiger partial charge in [0.1, 0.15) is 24.8 Å². The lowest BCUT2D eigenvalue weighted by atomic mass is 10.2. The average Bonchev–Trinajstić information content (AvgIpc) is 2.69. The molecule has 28 heavy (non-hydrogen) atoms. The summed E-state index contributed by atoms with van der Waals surface area (Å²) in [6.07, 6.45) is 1.69. The number of halogens is 3. The summed E-state index contributed by atoms with van der Waals surface area (Å²) < 4.78 is 24.6. The molecule has 0 spiro atoms. The number of benzene rings is 2. The first-order chi connectivity index (χ1) is 13.6. The van der Waals surface area contributed by atoms with Gasteiger partial charge >= 0.3 is 0 Å². The summed E-state index contributed by atoms with van der Waals surface area (Å²) in [6, 6.07) is 15.2. The first-order valence-electron chi connectivity index (χ1n) is 8.71. The molecule has 1 N–H and O–H groups in total. The molecule has 0 aliphatic rings. The third-order valence-electron chi connectivity index (χ3n) is 3.90. The fourth-order valence-corrected chi connectivity index (χ4v) is 2.92. The van der Waals surface area contributed by atoms with Crippen molar-refractivity contribution in [1.82, 2.24) is 10.3 Å². The molecule has 1 aromatic heterocycles. The van der Waals surface area contributed by atoms with E-state index < -0.39 is 0 Å². The lowest BCUT2D eigenvalue weighted by Gasteiger charge is -2.14. The highest BCUT2D eigenvalue weighted by Gasteiger charge is 2.08. The zero-order valence-electron chi connectivity index (χ0n) is 15.0. The van der Waals surface area contributed by atoms with Crippen LogP contribution >= 0.6 is 23.2 Å². The maximum absolute atomic E-state index is 13.2. The van der Waals surface area contributed by atoms with E-state index in [-0.39, 0.29) is 12.4 Å². The molecule has 4 nitrogen and oxygen atoms in total. The molecule has 0 fully saturated rings. The molecule has 0 amide bonds. The van der Waals surface area contributed by atoms with Crippen molar-refractivity contribution in [3.05, 3.63) is 87.8 Å². The molecule has 3 rings (SSSR count). The summed E-state index contributed by atoms with van der Waals surface area (Å²) in [5.74, 6) is 0.897. The van der Waals surface area contributed by atoms with E-state index in [1.54, 1.807) is 24.4 Å². The van der Waals surface area contributed by atoms with Gasteiger partial charge in [-0.2, -0.15) is 0 Å². The Kier molecular flexibility index (Phi) is 7.48. The van der Waals surface area contributed by atoms with E-state index in [4.69, 9.17) is 32.7 Å². The van der Waals surface area contributed by atoms with Crippen LogP contribution in [-0.2, 0) is 13.2 Å². The second-order valence-corrected chi connectivity index (χ2v) is 6.81. The maximum Gasteiger partial charge on any atom is 0.213 e. The van der Waals surface area contributed by atoms with E-state index in [0.29, 0.717) is 46.9 Å². The second kappa shape index (κ2) is 10.3. The highest BCUT2D eigenvalue weighted by Crippen LogP contribution is 2.25. The van der Waals surface area contributed by atoms with Crippen molar-refractivity contribution in [2.75, 3.05) is 13.2 Å². The largest absolute Gasteiger partial charge is 0.489 e. The van der Waals surface area contributed by atoms with E-state index >= 15 is 0 Å². The smallest absolute Gasteiger partial charge is 0.213 e. The predicted molar refractivity (Wildman–Crippen MR) is 109 cm³/mol. The van der Waals surface area contributed by atoms with Gasteiger partial charge in [0.2, 0.25) is 5.88 Å². The molecule has 3 aromatic rings. The number of hydrogen-bond donors (Lipinski definition) is 1. The van der Waals surface area contributed by atoms with Crippen LogP contribution in [0.2, 0.25) is 10.0 Å². The minimum atomic E-state index is -0.377. The normalized spacial score (nSPS) is 10.7. The molecule has 7 heteroatoms. The second-order valence-electron chi connectivity index (χ2n) is 5.97. The van der Waals surface area contributed by atoms with E-state index in [9.17, 15) is 4.39 Å². The zero-order chi connectivity index (χ0) is 19.8. The van der Waals surface area contributed by atoms with Gasteiger partial charge in [0.15, 0.2) is 0 Å². The monoisotopic (exact) mass is 420 g/mol. The fourth-order valence-electron chi connectivity index (χ4n) is 2.50. The van der Waals surface area contributed by atoms with E-state index in [0.717, 1.165) is 5.56 Å². The highest BCUT2D eigenvalue weighted by molar-refractivity contribution is 6.31. The van der Waals surface area contributed by atoms with Crippen LogP contribution in [0, 0.1) is 5.82 Å².